The number of alkyl carbamates (subject to hydrolysis) is 1. The Kier molecular flexibility index (Phi) is 8.83. The smallest absolute Gasteiger partial charge is 0.408 e. The molecule has 0 saturated carbocycles. The lowest BCUT2D eigenvalue weighted by atomic mass is 10.0. The molecule has 0 aliphatic rings. The van der Waals surface area contributed by atoms with Gasteiger partial charge in [-0.2, -0.15) is 0 Å². The van der Waals surface area contributed by atoms with Crippen molar-refractivity contribution in [1.82, 2.24) is 10.6 Å². The van der Waals surface area contributed by atoms with Crippen molar-refractivity contribution in [3.8, 4) is 0 Å². The molecule has 0 bridgehead atoms. The number of esters is 1. The quantitative estimate of drug-likeness (QED) is 0.537. The van der Waals surface area contributed by atoms with Gasteiger partial charge in [0, 0.05) is 6.42 Å². The fraction of sp³-hybridized carbons (Fsp3) is 0.318. The van der Waals surface area contributed by atoms with E-state index < -0.39 is 36.2 Å². The van der Waals surface area contributed by atoms with Crippen molar-refractivity contribution in [3.05, 3.63) is 71.8 Å². The SMILES string of the molecule is COC(=O)[C@H](NC(=O)[C@@H](Cc1ccccc1)NC(=O)OCc1ccccc1)[C@H](C)O. The van der Waals surface area contributed by atoms with E-state index in [9.17, 15) is 19.5 Å². The molecule has 2 aromatic rings. The summed E-state index contributed by atoms with van der Waals surface area (Å²) < 4.78 is 9.81. The van der Waals surface area contributed by atoms with Crippen LogP contribution in [-0.4, -0.2) is 48.4 Å². The van der Waals surface area contributed by atoms with Crippen LogP contribution in [0.25, 0.3) is 0 Å². The summed E-state index contributed by atoms with van der Waals surface area (Å²) in [6.07, 6.45) is -1.79. The summed E-state index contributed by atoms with van der Waals surface area (Å²) in [5, 5.41) is 14.8. The van der Waals surface area contributed by atoms with Gasteiger partial charge in [-0.15, -0.1) is 0 Å². The third kappa shape index (κ3) is 7.21. The zero-order chi connectivity index (χ0) is 21.9. The van der Waals surface area contributed by atoms with E-state index in [1.165, 1.54) is 6.92 Å². The Labute approximate surface area is 175 Å². The van der Waals surface area contributed by atoms with Crippen molar-refractivity contribution >= 4 is 18.0 Å². The van der Waals surface area contributed by atoms with Gasteiger partial charge in [-0.3, -0.25) is 4.79 Å². The first kappa shape index (κ1) is 22.9. The molecular weight excluding hydrogens is 388 g/mol. The maximum absolute atomic E-state index is 12.8. The molecule has 0 aromatic heterocycles. The molecule has 2 rings (SSSR count). The fourth-order valence-electron chi connectivity index (χ4n) is 2.72. The van der Waals surface area contributed by atoms with Gasteiger partial charge in [-0.1, -0.05) is 60.7 Å². The first-order valence-electron chi connectivity index (χ1n) is 9.48. The highest BCUT2D eigenvalue weighted by Gasteiger charge is 2.30. The number of aliphatic hydroxyl groups excluding tert-OH is 1. The molecule has 2 aromatic carbocycles. The maximum atomic E-state index is 12.8. The van der Waals surface area contributed by atoms with E-state index in [2.05, 4.69) is 15.4 Å². The van der Waals surface area contributed by atoms with Crippen LogP contribution in [0, 0.1) is 0 Å². The van der Waals surface area contributed by atoms with Gasteiger partial charge in [0.05, 0.1) is 13.2 Å². The standard InChI is InChI=1S/C22H26N2O6/c1-15(25)19(21(27)29-2)24-20(26)18(13-16-9-5-3-6-10-16)23-22(28)30-14-17-11-7-4-8-12-17/h3-12,15,18-19,25H,13-14H2,1-2H3,(H,23,28)(H,24,26)/t15-,18+,19+/m0/s1. The Balaban J connectivity index is 2.08. The number of ether oxygens (including phenoxy) is 2. The summed E-state index contributed by atoms with van der Waals surface area (Å²) >= 11 is 0. The van der Waals surface area contributed by atoms with Crippen molar-refractivity contribution in [2.75, 3.05) is 7.11 Å². The zero-order valence-electron chi connectivity index (χ0n) is 16.9. The third-order valence-corrected chi connectivity index (χ3v) is 4.34. The van der Waals surface area contributed by atoms with Gasteiger partial charge in [0.15, 0.2) is 6.04 Å². The maximum Gasteiger partial charge on any atom is 0.408 e. The average Bonchev–Trinajstić information content (AvgIpc) is 2.76. The van der Waals surface area contributed by atoms with Crippen LogP contribution in [0.3, 0.4) is 0 Å². The van der Waals surface area contributed by atoms with Gasteiger partial charge in [-0.05, 0) is 18.1 Å². The minimum Gasteiger partial charge on any atom is -0.467 e. The van der Waals surface area contributed by atoms with E-state index in [1.54, 1.807) is 0 Å². The molecule has 2 amide bonds. The van der Waals surface area contributed by atoms with Crippen LogP contribution in [0.4, 0.5) is 4.79 Å². The van der Waals surface area contributed by atoms with Gasteiger partial charge in [0.1, 0.15) is 12.6 Å². The molecule has 3 atom stereocenters. The van der Waals surface area contributed by atoms with E-state index >= 15 is 0 Å². The number of hydrogen-bond acceptors (Lipinski definition) is 6. The van der Waals surface area contributed by atoms with Gasteiger partial charge in [0.25, 0.3) is 0 Å². The molecule has 0 radical (unpaired) electrons. The monoisotopic (exact) mass is 414 g/mol. The number of nitrogens with one attached hydrogen (secondary N) is 2. The van der Waals surface area contributed by atoms with E-state index in [1.807, 2.05) is 60.7 Å². The summed E-state index contributed by atoms with van der Waals surface area (Å²) in [7, 11) is 1.16. The number of aliphatic hydroxyl groups is 1. The van der Waals surface area contributed by atoms with Crippen LogP contribution >= 0.6 is 0 Å². The molecule has 0 fully saturated rings. The van der Waals surface area contributed by atoms with Crippen molar-refractivity contribution in [1.29, 1.82) is 0 Å². The summed E-state index contributed by atoms with van der Waals surface area (Å²) in [4.78, 5) is 36.9. The summed E-state index contributed by atoms with van der Waals surface area (Å²) in [6.45, 7) is 1.40. The molecule has 0 saturated heterocycles. The minimum absolute atomic E-state index is 0.0464. The first-order chi connectivity index (χ1) is 14.4. The molecule has 0 unspecified atom stereocenters. The second-order valence-electron chi connectivity index (χ2n) is 6.70. The fourth-order valence-corrected chi connectivity index (χ4v) is 2.72. The van der Waals surface area contributed by atoms with Crippen LogP contribution in [0.5, 0.6) is 0 Å². The molecule has 3 N–H and O–H groups in total. The lowest BCUT2D eigenvalue weighted by molar-refractivity contribution is -0.148. The molecule has 0 spiro atoms. The van der Waals surface area contributed by atoms with Crippen LogP contribution in [0.2, 0.25) is 0 Å². The largest absolute Gasteiger partial charge is 0.467 e. The van der Waals surface area contributed by atoms with Crippen molar-refractivity contribution in [3.63, 3.8) is 0 Å². The molecule has 0 heterocycles. The second-order valence-corrected chi connectivity index (χ2v) is 6.70. The molecule has 0 aliphatic heterocycles. The van der Waals surface area contributed by atoms with E-state index in [0.29, 0.717) is 0 Å². The summed E-state index contributed by atoms with van der Waals surface area (Å²) in [5.74, 6) is -1.43. The van der Waals surface area contributed by atoms with E-state index in [4.69, 9.17) is 4.74 Å². The highest BCUT2D eigenvalue weighted by molar-refractivity contribution is 5.90. The number of carbonyl (C=O) groups is 3. The number of hydrogen-bond donors (Lipinski definition) is 3. The number of rotatable bonds is 9. The lowest BCUT2D eigenvalue weighted by Crippen LogP contribution is -2.55. The van der Waals surface area contributed by atoms with Crippen molar-refractivity contribution in [2.24, 2.45) is 0 Å². The highest BCUT2D eigenvalue weighted by atomic mass is 16.5. The van der Waals surface area contributed by atoms with Gasteiger partial charge < -0.3 is 25.2 Å². The average molecular weight is 414 g/mol. The molecular formula is C22H26N2O6. The Morgan fingerprint density at radius 1 is 0.933 bits per heavy atom. The van der Waals surface area contributed by atoms with Gasteiger partial charge >= 0.3 is 12.1 Å². The van der Waals surface area contributed by atoms with Crippen molar-refractivity contribution < 1.29 is 29.0 Å². The Bertz CT molecular complexity index is 826. The molecule has 0 aliphatic carbocycles. The van der Waals surface area contributed by atoms with Crippen LogP contribution in [0.15, 0.2) is 60.7 Å². The predicted molar refractivity (Wildman–Crippen MR) is 109 cm³/mol. The Morgan fingerprint density at radius 3 is 2.03 bits per heavy atom. The summed E-state index contributed by atoms with van der Waals surface area (Å²) in [5.41, 5.74) is 1.60. The topological polar surface area (TPSA) is 114 Å². The third-order valence-electron chi connectivity index (χ3n) is 4.34. The molecule has 8 nitrogen and oxygen atoms in total. The van der Waals surface area contributed by atoms with Crippen LogP contribution in [0.1, 0.15) is 18.1 Å². The minimum atomic E-state index is -1.26. The number of carbonyl (C=O) groups excluding carboxylic acids is 3. The number of benzene rings is 2. The highest BCUT2D eigenvalue weighted by Crippen LogP contribution is 2.07. The van der Waals surface area contributed by atoms with Gasteiger partial charge in [-0.25, -0.2) is 9.59 Å². The summed E-state index contributed by atoms with van der Waals surface area (Å²) in [6, 6.07) is 15.9. The molecule has 8 heteroatoms. The second kappa shape index (κ2) is 11.6. The van der Waals surface area contributed by atoms with E-state index in [-0.39, 0.29) is 13.0 Å². The normalized spacial score (nSPS) is 13.4. The Morgan fingerprint density at radius 2 is 1.50 bits per heavy atom. The van der Waals surface area contributed by atoms with Crippen LogP contribution < -0.4 is 10.6 Å². The van der Waals surface area contributed by atoms with E-state index in [0.717, 1.165) is 18.2 Å². The van der Waals surface area contributed by atoms with Gasteiger partial charge in [0.2, 0.25) is 5.91 Å². The predicted octanol–water partition coefficient (Wildman–Crippen LogP) is 1.56. The first-order valence-corrected chi connectivity index (χ1v) is 9.48. The van der Waals surface area contributed by atoms with Crippen molar-refractivity contribution in [2.45, 2.75) is 38.1 Å². The molecule has 30 heavy (non-hydrogen) atoms. The Hall–Kier alpha value is -3.39. The number of amides is 2. The molecule has 160 valence electrons. The van der Waals surface area contributed by atoms with Crippen LogP contribution in [-0.2, 0) is 32.1 Å². The number of methoxy groups -OCH3 is 1. The lowest BCUT2D eigenvalue weighted by Gasteiger charge is -2.23. The zero-order valence-corrected chi connectivity index (χ0v) is 16.9.